The summed E-state index contributed by atoms with van der Waals surface area (Å²) in [5.74, 6) is 1.99. The van der Waals surface area contributed by atoms with Gasteiger partial charge in [0, 0.05) is 64.7 Å². The zero-order chi connectivity index (χ0) is 37.7. The van der Waals surface area contributed by atoms with E-state index in [0.29, 0.717) is 17.5 Å². The Morgan fingerprint density at radius 1 is 0.509 bits per heavy atom. The second-order valence-corrected chi connectivity index (χ2v) is 15.4. The highest BCUT2D eigenvalue weighted by atomic mass is 32.1. The summed E-state index contributed by atoms with van der Waals surface area (Å²) in [5, 5.41) is 4.60. The highest BCUT2D eigenvalue weighted by Crippen LogP contribution is 2.44. The quantitative estimate of drug-likeness (QED) is 0.162. The SMILES string of the molecule is C1=CCCC(c2nc(-c3ccccc3)nc(-c3ccc(-c4ccc(N(c5ccccc5)c5ccc6c(c5)sc5ccccc56)cc4)c4oc5ccccc5c34)n2)=C1. The molecule has 0 unspecified atom stereocenters. The Hall–Kier alpha value is -7.15. The molecular formula is C51H34N4OS. The summed E-state index contributed by atoms with van der Waals surface area (Å²) in [5.41, 5.74) is 9.95. The number of nitrogens with zero attached hydrogens (tertiary/aromatic N) is 4. The second-order valence-electron chi connectivity index (χ2n) is 14.3. The molecule has 6 heteroatoms. The van der Waals surface area contributed by atoms with Crippen LogP contribution in [0.25, 0.3) is 81.6 Å². The third-order valence-corrected chi connectivity index (χ3v) is 11.9. The Morgan fingerprint density at radius 3 is 2.00 bits per heavy atom. The van der Waals surface area contributed by atoms with Crippen LogP contribution in [0.1, 0.15) is 18.7 Å². The molecule has 7 aromatic carbocycles. The van der Waals surface area contributed by atoms with E-state index in [-0.39, 0.29) is 0 Å². The topological polar surface area (TPSA) is 55.1 Å². The summed E-state index contributed by atoms with van der Waals surface area (Å²) in [6.07, 6.45) is 8.24. The van der Waals surface area contributed by atoms with Gasteiger partial charge in [-0.05, 0) is 84.6 Å². The number of hydrogen-bond acceptors (Lipinski definition) is 6. The maximum absolute atomic E-state index is 6.74. The molecule has 0 saturated heterocycles. The van der Waals surface area contributed by atoms with Gasteiger partial charge in [0.15, 0.2) is 17.5 Å². The van der Waals surface area contributed by atoms with Crippen molar-refractivity contribution < 1.29 is 4.42 Å². The molecule has 0 bridgehead atoms. The summed E-state index contributed by atoms with van der Waals surface area (Å²) < 4.78 is 9.31. The molecule has 11 rings (SSSR count). The van der Waals surface area contributed by atoms with Crippen molar-refractivity contribution in [1.29, 1.82) is 0 Å². The van der Waals surface area contributed by atoms with Crippen molar-refractivity contribution in [1.82, 2.24) is 15.0 Å². The number of thiophene rings is 1. The van der Waals surface area contributed by atoms with Gasteiger partial charge in [0.1, 0.15) is 11.2 Å². The zero-order valence-corrected chi connectivity index (χ0v) is 31.7. The molecule has 0 amide bonds. The average molecular weight is 751 g/mol. The van der Waals surface area contributed by atoms with E-state index in [2.05, 4.69) is 157 Å². The van der Waals surface area contributed by atoms with E-state index in [9.17, 15) is 0 Å². The van der Waals surface area contributed by atoms with Gasteiger partial charge in [-0.2, -0.15) is 0 Å². The Morgan fingerprint density at radius 2 is 1.18 bits per heavy atom. The van der Waals surface area contributed by atoms with Gasteiger partial charge in [-0.1, -0.05) is 121 Å². The molecule has 0 spiro atoms. The van der Waals surface area contributed by atoms with Crippen molar-refractivity contribution in [3.63, 3.8) is 0 Å². The fourth-order valence-electron chi connectivity index (χ4n) is 8.06. The molecular weight excluding hydrogens is 717 g/mol. The molecule has 3 heterocycles. The van der Waals surface area contributed by atoms with E-state index in [1.165, 1.54) is 20.2 Å². The number of anilines is 3. The molecule has 3 aromatic heterocycles. The Kier molecular flexibility index (Phi) is 8.07. The molecule has 10 aromatic rings. The lowest BCUT2D eigenvalue weighted by Crippen LogP contribution is -2.09. The lowest BCUT2D eigenvalue weighted by molar-refractivity contribution is 0.670. The predicted octanol–water partition coefficient (Wildman–Crippen LogP) is 14.3. The minimum absolute atomic E-state index is 0.627. The number of benzene rings is 7. The van der Waals surface area contributed by atoms with Crippen LogP contribution in [0.2, 0.25) is 0 Å². The van der Waals surface area contributed by atoms with E-state index >= 15 is 0 Å². The summed E-state index contributed by atoms with van der Waals surface area (Å²) >= 11 is 1.84. The summed E-state index contributed by atoms with van der Waals surface area (Å²) in [6, 6.07) is 57.5. The largest absolute Gasteiger partial charge is 0.455 e. The number of hydrogen-bond donors (Lipinski definition) is 0. The van der Waals surface area contributed by atoms with Gasteiger partial charge in [-0.15, -0.1) is 11.3 Å². The van der Waals surface area contributed by atoms with Gasteiger partial charge < -0.3 is 9.32 Å². The van der Waals surface area contributed by atoms with Crippen LogP contribution < -0.4 is 4.90 Å². The molecule has 5 nitrogen and oxygen atoms in total. The smallest absolute Gasteiger partial charge is 0.164 e. The molecule has 270 valence electrons. The van der Waals surface area contributed by atoms with Gasteiger partial charge in [0.05, 0.1) is 0 Å². The fourth-order valence-corrected chi connectivity index (χ4v) is 9.19. The van der Waals surface area contributed by atoms with Gasteiger partial charge >= 0.3 is 0 Å². The van der Waals surface area contributed by atoms with Crippen LogP contribution in [0, 0.1) is 0 Å². The highest BCUT2D eigenvalue weighted by molar-refractivity contribution is 7.25. The molecule has 57 heavy (non-hydrogen) atoms. The number of para-hydroxylation sites is 2. The first-order valence-electron chi connectivity index (χ1n) is 19.2. The Labute approximate surface area is 333 Å². The third-order valence-electron chi connectivity index (χ3n) is 10.8. The molecule has 0 aliphatic heterocycles. The molecule has 0 fully saturated rings. The molecule has 0 N–H and O–H groups in total. The summed E-state index contributed by atoms with van der Waals surface area (Å²) in [7, 11) is 0. The lowest BCUT2D eigenvalue weighted by Gasteiger charge is -2.25. The van der Waals surface area contributed by atoms with Crippen molar-refractivity contribution in [3.8, 4) is 33.9 Å². The number of allylic oxidation sites excluding steroid dienone is 4. The normalized spacial score (nSPS) is 12.8. The number of furan rings is 1. The van der Waals surface area contributed by atoms with Crippen LogP contribution in [0.3, 0.4) is 0 Å². The average Bonchev–Trinajstić information content (AvgIpc) is 3.86. The van der Waals surface area contributed by atoms with Crippen LogP contribution >= 0.6 is 11.3 Å². The summed E-state index contributed by atoms with van der Waals surface area (Å²) in [6.45, 7) is 0. The van der Waals surface area contributed by atoms with Gasteiger partial charge in [0.25, 0.3) is 0 Å². The Balaban J connectivity index is 1.04. The van der Waals surface area contributed by atoms with Crippen LogP contribution in [-0.4, -0.2) is 15.0 Å². The van der Waals surface area contributed by atoms with Crippen molar-refractivity contribution in [2.75, 3.05) is 4.90 Å². The standard InChI is InChI=1S/C51H34N4OS/c1-4-14-34(15-5-1)49-52-50(35-16-6-2-7-17-35)54-51(53-49)43-31-30-39(48-47(43)42-21-10-12-22-44(42)56-48)33-24-26-37(27-25-33)55(36-18-8-3-9-19-36)38-28-29-41-40-20-11-13-23-45(40)57-46(41)32-38/h1-6,8-16,18-32H,7,17H2. The Bertz CT molecular complexity index is 3180. The maximum Gasteiger partial charge on any atom is 0.164 e. The van der Waals surface area contributed by atoms with Crippen molar-refractivity contribution in [2.45, 2.75) is 12.8 Å². The van der Waals surface area contributed by atoms with Crippen LogP contribution in [-0.2, 0) is 0 Å². The maximum atomic E-state index is 6.74. The fraction of sp³-hybridized carbons (Fsp3) is 0.0392. The van der Waals surface area contributed by atoms with E-state index in [1.807, 2.05) is 41.7 Å². The summed E-state index contributed by atoms with van der Waals surface area (Å²) in [4.78, 5) is 17.6. The first-order valence-corrected chi connectivity index (χ1v) is 20.1. The van der Waals surface area contributed by atoms with Crippen molar-refractivity contribution in [2.24, 2.45) is 0 Å². The minimum atomic E-state index is 0.627. The van der Waals surface area contributed by atoms with Gasteiger partial charge in [0.2, 0.25) is 0 Å². The molecule has 1 aliphatic rings. The minimum Gasteiger partial charge on any atom is -0.455 e. The van der Waals surface area contributed by atoms with Gasteiger partial charge in [-0.3, -0.25) is 0 Å². The first kappa shape index (κ1) is 33.2. The number of rotatable bonds is 7. The van der Waals surface area contributed by atoms with E-state index < -0.39 is 0 Å². The van der Waals surface area contributed by atoms with E-state index in [4.69, 9.17) is 19.4 Å². The first-order chi connectivity index (χ1) is 28.2. The predicted molar refractivity (Wildman–Crippen MR) is 237 cm³/mol. The van der Waals surface area contributed by atoms with Crippen molar-refractivity contribution in [3.05, 3.63) is 188 Å². The van der Waals surface area contributed by atoms with Crippen LogP contribution in [0.15, 0.2) is 186 Å². The number of aromatic nitrogens is 3. The lowest BCUT2D eigenvalue weighted by atomic mass is 9.97. The van der Waals surface area contributed by atoms with Crippen molar-refractivity contribution >= 4 is 76.1 Å². The second kappa shape index (κ2) is 13.9. The zero-order valence-electron chi connectivity index (χ0n) is 30.8. The van der Waals surface area contributed by atoms with Crippen LogP contribution in [0.5, 0.6) is 0 Å². The third kappa shape index (κ3) is 5.90. The van der Waals surface area contributed by atoms with E-state index in [1.54, 1.807) is 0 Å². The van der Waals surface area contributed by atoms with Crippen LogP contribution in [0.4, 0.5) is 17.1 Å². The van der Waals surface area contributed by atoms with Gasteiger partial charge in [-0.25, -0.2) is 15.0 Å². The monoisotopic (exact) mass is 750 g/mol. The molecule has 0 radical (unpaired) electrons. The molecule has 0 atom stereocenters. The highest BCUT2D eigenvalue weighted by Gasteiger charge is 2.22. The number of fused-ring (bicyclic) bond motifs is 6. The molecule has 1 aliphatic carbocycles. The van der Waals surface area contributed by atoms with E-state index in [0.717, 1.165) is 79.7 Å². The molecule has 0 saturated carbocycles.